The van der Waals surface area contributed by atoms with Gasteiger partial charge in [-0.2, -0.15) is 15.3 Å². The molecule has 1 unspecified atom stereocenters. The zero-order valence-electron chi connectivity index (χ0n) is 12.7. The van der Waals surface area contributed by atoms with Crippen molar-refractivity contribution < 1.29 is 0 Å². The first-order valence-electron chi connectivity index (χ1n) is 7.19. The van der Waals surface area contributed by atoms with E-state index < -0.39 is 0 Å². The molecule has 0 aliphatic heterocycles. The largest absolute Gasteiger partial charge is 0.313 e. The minimum absolute atomic E-state index is 0.244. The Kier molecular flexibility index (Phi) is 4.84. The third-order valence-corrected chi connectivity index (χ3v) is 3.54. The summed E-state index contributed by atoms with van der Waals surface area (Å²) in [5.74, 6) is 0. The van der Waals surface area contributed by atoms with Crippen molar-refractivity contribution in [2.75, 3.05) is 7.05 Å². The van der Waals surface area contributed by atoms with Crippen LogP contribution in [-0.4, -0.2) is 27.0 Å². The highest BCUT2D eigenvalue weighted by molar-refractivity contribution is 5.26. The lowest BCUT2D eigenvalue weighted by molar-refractivity contribution is 0.577. The van der Waals surface area contributed by atoms with E-state index in [2.05, 4.69) is 46.7 Å². The van der Waals surface area contributed by atoms with Gasteiger partial charge < -0.3 is 5.32 Å². The minimum Gasteiger partial charge on any atom is -0.313 e. The van der Waals surface area contributed by atoms with Crippen molar-refractivity contribution in [2.24, 2.45) is 0 Å². The molecule has 2 aromatic rings. The van der Waals surface area contributed by atoms with Crippen molar-refractivity contribution in [3.05, 3.63) is 41.0 Å². The lowest BCUT2D eigenvalue weighted by Crippen LogP contribution is -2.21. The highest BCUT2D eigenvalue weighted by atomic mass is 15.3. The van der Waals surface area contributed by atoms with Gasteiger partial charge in [-0.3, -0.25) is 4.68 Å². The second-order valence-electron chi connectivity index (χ2n) is 4.99. The molecule has 0 fully saturated rings. The number of nitrogens with zero attached hydrogens (tertiary/aromatic N) is 4. The molecule has 1 atom stereocenters. The van der Waals surface area contributed by atoms with Crippen LogP contribution in [0.15, 0.2) is 18.5 Å². The van der Waals surface area contributed by atoms with E-state index in [0.717, 1.165) is 30.8 Å². The van der Waals surface area contributed by atoms with Gasteiger partial charge in [0, 0.05) is 18.8 Å². The minimum atomic E-state index is 0.244. The zero-order chi connectivity index (χ0) is 14.5. The van der Waals surface area contributed by atoms with Crippen LogP contribution in [-0.2, 0) is 19.4 Å². The van der Waals surface area contributed by atoms with E-state index in [1.54, 1.807) is 0 Å². The van der Waals surface area contributed by atoms with Crippen LogP contribution in [0.4, 0.5) is 0 Å². The van der Waals surface area contributed by atoms with Gasteiger partial charge in [0.2, 0.25) is 0 Å². The maximum atomic E-state index is 4.34. The van der Waals surface area contributed by atoms with E-state index >= 15 is 0 Å². The van der Waals surface area contributed by atoms with Gasteiger partial charge in [0.15, 0.2) is 0 Å². The second kappa shape index (κ2) is 6.61. The quantitative estimate of drug-likeness (QED) is 0.875. The van der Waals surface area contributed by atoms with E-state index in [1.807, 2.05) is 24.9 Å². The van der Waals surface area contributed by atoms with Crippen LogP contribution in [0.3, 0.4) is 0 Å². The van der Waals surface area contributed by atoms with Crippen LogP contribution >= 0.6 is 0 Å². The Morgan fingerprint density at radius 2 is 2.10 bits per heavy atom. The van der Waals surface area contributed by atoms with E-state index in [4.69, 9.17) is 0 Å². The molecule has 0 saturated carbocycles. The highest BCUT2D eigenvalue weighted by Crippen LogP contribution is 2.21. The molecule has 2 aromatic heterocycles. The van der Waals surface area contributed by atoms with Crippen LogP contribution in [0, 0.1) is 6.92 Å². The Balaban J connectivity index is 2.25. The molecule has 108 valence electrons. The predicted octanol–water partition coefficient (Wildman–Crippen LogP) is 2.07. The third-order valence-electron chi connectivity index (χ3n) is 3.54. The highest BCUT2D eigenvalue weighted by Gasteiger charge is 2.16. The monoisotopic (exact) mass is 273 g/mol. The SMILES string of the molecule is CCc1nnc(C)cc1C(Cc1cnn(CC)c1)NC. The van der Waals surface area contributed by atoms with Gasteiger partial charge in [-0.25, -0.2) is 0 Å². The molecule has 0 amide bonds. The number of aryl methyl sites for hydroxylation is 3. The average Bonchev–Trinajstić information content (AvgIpc) is 2.92. The van der Waals surface area contributed by atoms with Gasteiger partial charge >= 0.3 is 0 Å². The number of hydrogen-bond donors (Lipinski definition) is 1. The number of nitrogens with one attached hydrogen (secondary N) is 1. The number of hydrogen-bond acceptors (Lipinski definition) is 4. The Morgan fingerprint density at radius 1 is 1.30 bits per heavy atom. The summed E-state index contributed by atoms with van der Waals surface area (Å²) in [6, 6.07) is 2.38. The van der Waals surface area contributed by atoms with E-state index in [0.29, 0.717) is 0 Å². The van der Waals surface area contributed by atoms with Crippen molar-refractivity contribution in [1.82, 2.24) is 25.3 Å². The number of likely N-dealkylation sites (N-methyl/N-ethyl adjacent to an activating group) is 1. The van der Waals surface area contributed by atoms with E-state index in [1.165, 1.54) is 11.1 Å². The summed E-state index contributed by atoms with van der Waals surface area (Å²) < 4.78 is 1.96. The Morgan fingerprint density at radius 3 is 2.70 bits per heavy atom. The molecule has 5 heteroatoms. The van der Waals surface area contributed by atoms with Crippen molar-refractivity contribution in [3.63, 3.8) is 0 Å². The number of aromatic nitrogens is 4. The normalized spacial score (nSPS) is 12.6. The van der Waals surface area contributed by atoms with E-state index in [9.17, 15) is 0 Å². The standard InChI is InChI=1S/C15H23N5/c1-5-14-13(7-11(3)18-19-14)15(16-4)8-12-9-17-20(6-2)10-12/h7,9-10,15-16H,5-6,8H2,1-4H3. The average molecular weight is 273 g/mol. The van der Waals surface area contributed by atoms with Crippen molar-refractivity contribution >= 4 is 0 Å². The molecule has 1 N–H and O–H groups in total. The maximum absolute atomic E-state index is 4.34. The maximum Gasteiger partial charge on any atom is 0.0676 e. The summed E-state index contributed by atoms with van der Waals surface area (Å²) >= 11 is 0. The smallest absolute Gasteiger partial charge is 0.0676 e. The summed E-state index contributed by atoms with van der Waals surface area (Å²) in [6.07, 6.45) is 5.86. The summed E-state index contributed by atoms with van der Waals surface area (Å²) in [7, 11) is 1.99. The molecule has 0 aromatic carbocycles. The molecule has 5 nitrogen and oxygen atoms in total. The van der Waals surface area contributed by atoms with Crippen molar-refractivity contribution in [2.45, 2.75) is 46.2 Å². The molecule has 0 spiro atoms. The molecule has 0 aliphatic carbocycles. The molecular weight excluding hydrogens is 250 g/mol. The third kappa shape index (κ3) is 3.22. The first-order chi connectivity index (χ1) is 9.67. The predicted molar refractivity (Wildman–Crippen MR) is 79.6 cm³/mol. The van der Waals surface area contributed by atoms with Gasteiger partial charge in [0.05, 0.1) is 17.6 Å². The topological polar surface area (TPSA) is 55.6 Å². The molecule has 2 rings (SSSR count). The molecule has 0 aliphatic rings. The Labute approximate surface area is 120 Å². The van der Waals surface area contributed by atoms with Crippen LogP contribution in [0.2, 0.25) is 0 Å². The molecular formula is C15H23N5. The molecule has 0 radical (unpaired) electrons. The molecule has 20 heavy (non-hydrogen) atoms. The van der Waals surface area contributed by atoms with Crippen LogP contribution in [0.25, 0.3) is 0 Å². The van der Waals surface area contributed by atoms with Crippen LogP contribution in [0.5, 0.6) is 0 Å². The van der Waals surface area contributed by atoms with Gasteiger partial charge in [-0.1, -0.05) is 6.92 Å². The summed E-state index contributed by atoms with van der Waals surface area (Å²) in [6.45, 7) is 7.10. The summed E-state index contributed by atoms with van der Waals surface area (Å²) in [5.41, 5.74) is 4.51. The van der Waals surface area contributed by atoms with Gasteiger partial charge in [-0.15, -0.1) is 0 Å². The first kappa shape index (κ1) is 14.7. The molecule has 2 heterocycles. The summed E-state index contributed by atoms with van der Waals surface area (Å²) in [5, 5.41) is 16.2. The Bertz CT molecular complexity index is 561. The zero-order valence-corrected chi connectivity index (χ0v) is 12.7. The summed E-state index contributed by atoms with van der Waals surface area (Å²) in [4.78, 5) is 0. The Hall–Kier alpha value is -1.75. The fourth-order valence-corrected chi connectivity index (χ4v) is 2.40. The van der Waals surface area contributed by atoms with Gasteiger partial charge in [0.25, 0.3) is 0 Å². The van der Waals surface area contributed by atoms with Gasteiger partial charge in [-0.05, 0) is 50.9 Å². The van der Waals surface area contributed by atoms with Gasteiger partial charge in [0.1, 0.15) is 0 Å². The lowest BCUT2D eigenvalue weighted by atomic mass is 9.98. The fourth-order valence-electron chi connectivity index (χ4n) is 2.40. The number of rotatable bonds is 6. The van der Waals surface area contributed by atoms with Crippen LogP contribution in [0.1, 0.15) is 42.4 Å². The fraction of sp³-hybridized carbons (Fsp3) is 0.533. The first-order valence-corrected chi connectivity index (χ1v) is 7.19. The lowest BCUT2D eigenvalue weighted by Gasteiger charge is -2.18. The van der Waals surface area contributed by atoms with Crippen molar-refractivity contribution in [3.8, 4) is 0 Å². The van der Waals surface area contributed by atoms with E-state index in [-0.39, 0.29) is 6.04 Å². The van der Waals surface area contributed by atoms with Crippen LogP contribution < -0.4 is 5.32 Å². The molecule has 0 bridgehead atoms. The second-order valence-corrected chi connectivity index (χ2v) is 4.99. The molecule has 0 saturated heterocycles. The van der Waals surface area contributed by atoms with Crippen molar-refractivity contribution in [1.29, 1.82) is 0 Å².